The van der Waals surface area contributed by atoms with Gasteiger partial charge in [0.15, 0.2) is 0 Å². The predicted molar refractivity (Wildman–Crippen MR) is 67.2 cm³/mol. The van der Waals surface area contributed by atoms with E-state index in [0.29, 0.717) is 12.2 Å². The van der Waals surface area contributed by atoms with E-state index in [9.17, 15) is 14.9 Å². The summed E-state index contributed by atoms with van der Waals surface area (Å²) in [6.07, 6.45) is 1.80. The maximum absolute atomic E-state index is 12.0. The van der Waals surface area contributed by atoms with Crippen molar-refractivity contribution in [2.45, 2.75) is 26.3 Å². The molecule has 0 fully saturated rings. The number of nitro groups is 1. The average molecular weight is 263 g/mol. The van der Waals surface area contributed by atoms with E-state index in [1.807, 2.05) is 6.92 Å². The van der Waals surface area contributed by atoms with Gasteiger partial charge in [-0.25, -0.2) is 4.79 Å². The lowest BCUT2D eigenvalue weighted by Gasteiger charge is -1.98. The summed E-state index contributed by atoms with van der Waals surface area (Å²) in [5.41, 5.74) is 0.0795. The van der Waals surface area contributed by atoms with E-state index in [-0.39, 0.29) is 11.4 Å². The maximum Gasteiger partial charge on any atom is 0.368 e. The predicted octanol–water partition coefficient (Wildman–Crippen LogP) is 1.14. The lowest BCUT2D eigenvalue weighted by molar-refractivity contribution is -0.384. The Labute approximate surface area is 108 Å². The summed E-state index contributed by atoms with van der Waals surface area (Å²) in [6, 6.07) is 5.59. The van der Waals surface area contributed by atoms with Gasteiger partial charge >= 0.3 is 5.69 Å². The van der Waals surface area contributed by atoms with Gasteiger partial charge in [0.1, 0.15) is 0 Å². The van der Waals surface area contributed by atoms with Crippen molar-refractivity contribution in [3.8, 4) is 5.69 Å². The van der Waals surface area contributed by atoms with Gasteiger partial charge in [-0.05, 0) is 29.0 Å². The summed E-state index contributed by atoms with van der Waals surface area (Å²) in [4.78, 5) is 22.0. The number of rotatable bonds is 5. The number of hydrogen-bond acceptors (Lipinski definition) is 5. The van der Waals surface area contributed by atoms with E-state index in [1.165, 1.54) is 28.9 Å². The third-order valence-electron chi connectivity index (χ3n) is 2.67. The van der Waals surface area contributed by atoms with Crippen LogP contribution in [0.15, 0.2) is 29.1 Å². The number of nitro benzene ring substituents is 1. The van der Waals surface area contributed by atoms with Crippen LogP contribution >= 0.6 is 0 Å². The van der Waals surface area contributed by atoms with Gasteiger partial charge in [0.25, 0.3) is 5.69 Å². The second-order valence-corrected chi connectivity index (χ2v) is 4.02. The smallest absolute Gasteiger partial charge is 0.258 e. The van der Waals surface area contributed by atoms with Crippen LogP contribution in [0.5, 0.6) is 0 Å². The van der Waals surface area contributed by atoms with Crippen LogP contribution in [-0.4, -0.2) is 24.7 Å². The first-order valence-corrected chi connectivity index (χ1v) is 5.91. The van der Waals surface area contributed by atoms with Crippen molar-refractivity contribution in [2.75, 3.05) is 0 Å². The summed E-state index contributed by atoms with van der Waals surface area (Å²) in [7, 11) is 0. The Bertz CT molecular complexity index is 629. The molecule has 0 aliphatic carbocycles. The van der Waals surface area contributed by atoms with E-state index in [0.717, 1.165) is 17.5 Å². The number of nitrogens with zero attached hydrogens (tertiary/aromatic N) is 5. The standard InChI is InChI=1S/C11H13N5O3/c1-2-3-8-14-11(17)15(13-12-14)9-4-6-10(7-5-9)16(18)19/h4-7H,2-3,8H2,1H3. The molecular weight excluding hydrogens is 250 g/mol. The van der Waals surface area contributed by atoms with Crippen molar-refractivity contribution >= 4 is 5.69 Å². The Balaban J connectivity index is 2.29. The Morgan fingerprint density at radius 1 is 1.26 bits per heavy atom. The molecule has 0 radical (unpaired) electrons. The normalized spacial score (nSPS) is 10.6. The van der Waals surface area contributed by atoms with Crippen LogP contribution in [0.1, 0.15) is 19.8 Å². The van der Waals surface area contributed by atoms with Crippen LogP contribution in [0.3, 0.4) is 0 Å². The highest BCUT2D eigenvalue weighted by molar-refractivity contribution is 5.39. The van der Waals surface area contributed by atoms with Crippen LogP contribution < -0.4 is 5.69 Å². The van der Waals surface area contributed by atoms with Gasteiger partial charge in [0.2, 0.25) is 0 Å². The molecule has 0 amide bonds. The van der Waals surface area contributed by atoms with Crippen molar-refractivity contribution in [1.29, 1.82) is 0 Å². The molecule has 0 bridgehead atoms. The van der Waals surface area contributed by atoms with Crippen LogP contribution in [0.25, 0.3) is 5.69 Å². The van der Waals surface area contributed by atoms with Gasteiger partial charge < -0.3 is 0 Å². The van der Waals surface area contributed by atoms with E-state index in [1.54, 1.807) is 0 Å². The molecule has 1 aromatic carbocycles. The Morgan fingerprint density at radius 2 is 1.95 bits per heavy atom. The SMILES string of the molecule is CCCCn1nnn(-c2ccc([N+](=O)[O-])cc2)c1=O. The molecule has 1 aromatic heterocycles. The third-order valence-corrected chi connectivity index (χ3v) is 2.67. The average Bonchev–Trinajstić information content (AvgIpc) is 2.78. The molecule has 0 spiro atoms. The molecule has 0 atom stereocenters. The zero-order valence-electron chi connectivity index (χ0n) is 10.4. The zero-order valence-corrected chi connectivity index (χ0v) is 10.4. The van der Waals surface area contributed by atoms with E-state index in [4.69, 9.17) is 0 Å². The molecule has 0 aliphatic rings. The largest absolute Gasteiger partial charge is 0.368 e. The minimum absolute atomic E-state index is 0.0322. The van der Waals surface area contributed by atoms with Gasteiger partial charge in [-0.3, -0.25) is 10.1 Å². The molecule has 0 saturated heterocycles. The molecule has 2 rings (SSSR count). The highest BCUT2D eigenvalue weighted by Crippen LogP contribution is 2.13. The zero-order chi connectivity index (χ0) is 13.8. The number of aryl methyl sites for hydroxylation is 1. The van der Waals surface area contributed by atoms with Gasteiger partial charge in [-0.2, -0.15) is 9.36 Å². The highest BCUT2D eigenvalue weighted by atomic mass is 16.6. The van der Waals surface area contributed by atoms with Gasteiger partial charge in [-0.15, -0.1) is 0 Å². The molecule has 0 aliphatic heterocycles. The van der Waals surface area contributed by atoms with E-state index in [2.05, 4.69) is 10.4 Å². The van der Waals surface area contributed by atoms with Gasteiger partial charge in [0.05, 0.1) is 10.6 Å². The summed E-state index contributed by atoms with van der Waals surface area (Å²) >= 11 is 0. The van der Waals surface area contributed by atoms with Crippen LogP contribution in [-0.2, 0) is 6.54 Å². The summed E-state index contributed by atoms with van der Waals surface area (Å²) in [5, 5.41) is 18.1. The number of aromatic nitrogens is 4. The first-order chi connectivity index (χ1) is 9.13. The second kappa shape index (κ2) is 5.42. The maximum atomic E-state index is 12.0. The van der Waals surface area contributed by atoms with Crippen molar-refractivity contribution in [1.82, 2.24) is 19.8 Å². The third kappa shape index (κ3) is 2.67. The lowest BCUT2D eigenvalue weighted by atomic mass is 10.3. The van der Waals surface area contributed by atoms with Gasteiger partial charge in [0, 0.05) is 18.7 Å². The quantitative estimate of drug-likeness (QED) is 0.595. The lowest BCUT2D eigenvalue weighted by Crippen LogP contribution is -2.24. The number of tetrazole rings is 1. The summed E-state index contributed by atoms with van der Waals surface area (Å²) in [6.45, 7) is 2.54. The van der Waals surface area contributed by atoms with Crippen molar-refractivity contribution in [3.05, 3.63) is 44.9 Å². The molecule has 1 heterocycles. The number of hydrogen-bond donors (Lipinski definition) is 0. The Hall–Kier alpha value is -2.51. The number of non-ortho nitro benzene ring substituents is 1. The Morgan fingerprint density at radius 3 is 2.53 bits per heavy atom. The molecule has 2 aromatic rings. The fraction of sp³-hybridized carbons (Fsp3) is 0.364. The molecular formula is C11H13N5O3. The van der Waals surface area contributed by atoms with Crippen molar-refractivity contribution < 1.29 is 4.92 Å². The molecule has 8 nitrogen and oxygen atoms in total. The fourth-order valence-corrected chi connectivity index (χ4v) is 1.60. The monoisotopic (exact) mass is 263 g/mol. The first-order valence-electron chi connectivity index (χ1n) is 5.91. The fourth-order valence-electron chi connectivity index (χ4n) is 1.60. The van der Waals surface area contributed by atoms with E-state index < -0.39 is 4.92 Å². The molecule has 100 valence electrons. The number of benzene rings is 1. The van der Waals surface area contributed by atoms with Gasteiger partial charge in [-0.1, -0.05) is 13.3 Å². The van der Waals surface area contributed by atoms with Crippen molar-refractivity contribution in [3.63, 3.8) is 0 Å². The van der Waals surface area contributed by atoms with Crippen LogP contribution in [0.4, 0.5) is 5.69 Å². The summed E-state index contributed by atoms with van der Waals surface area (Å²) < 4.78 is 2.41. The highest BCUT2D eigenvalue weighted by Gasteiger charge is 2.10. The van der Waals surface area contributed by atoms with Crippen LogP contribution in [0.2, 0.25) is 0 Å². The summed E-state index contributed by atoms with van der Waals surface area (Å²) in [5.74, 6) is 0. The van der Waals surface area contributed by atoms with Crippen LogP contribution in [0, 0.1) is 10.1 Å². The molecule has 8 heteroatoms. The minimum Gasteiger partial charge on any atom is -0.258 e. The van der Waals surface area contributed by atoms with Crippen molar-refractivity contribution in [2.24, 2.45) is 0 Å². The molecule has 0 saturated carbocycles. The topological polar surface area (TPSA) is 95.8 Å². The molecule has 0 N–H and O–H groups in total. The second-order valence-electron chi connectivity index (χ2n) is 4.02. The van der Waals surface area contributed by atoms with E-state index >= 15 is 0 Å². The minimum atomic E-state index is -0.495. The first kappa shape index (κ1) is 12.9. The number of unbranched alkanes of at least 4 members (excludes halogenated alkanes) is 1. The molecule has 19 heavy (non-hydrogen) atoms. The Kier molecular flexibility index (Phi) is 3.69. The molecule has 0 unspecified atom stereocenters.